The Bertz CT molecular complexity index is 1720. The maximum absolute atomic E-state index is 14.4. The molecule has 0 amide bonds. The van der Waals surface area contributed by atoms with E-state index in [9.17, 15) is 23.2 Å². The molecule has 11 heteroatoms. The fourth-order valence-electron chi connectivity index (χ4n) is 4.85. The summed E-state index contributed by atoms with van der Waals surface area (Å²) in [5.41, 5.74) is 3.56. The van der Waals surface area contributed by atoms with Crippen molar-refractivity contribution in [2.24, 2.45) is 5.14 Å². The van der Waals surface area contributed by atoms with Crippen LogP contribution < -0.4 is 14.8 Å². The molecule has 3 N–H and O–H groups in total. The van der Waals surface area contributed by atoms with Gasteiger partial charge in [0, 0.05) is 34.8 Å². The molecule has 2 atom stereocenters. The highest BCUT2D eigenvalue weighted by molar-refractivity contribution is 7.89. The number of halogens is 1. The first-order valence-corrected chi connectivity index (χ1v) is 13.8. The number of aliphatic hydroxyl groups is 1. The summed E-state index contributed by atoms with van der Waals surface area (Å²) in [6.07, 6.45) is 1.86. The van der Waals surface area contributed by atoms with Crippen molar-refractivity contribution in [3.05, 3.63) is 77.4 Å². The van der Waals surface area contributed by atoms with Crippen molar-refractivity contribution in [1.29, 1.82) is 5.26 Å². The molecule has 1 aliphatic rings. The predicted octanol–water partition coefficient (Wildman–Crippen LogP) is 3.97. The largest absolute Gasteiger partial charge is 0.484 e. The van der Waals surface area contributed by atoms with E-state index in [4.69, 9.17) is 9.88 Å². The van der Waals surface area contributed by atoms with Gasteiger partial charge >= 0.3 is 0 Å². The Balaban J connectivity index is 1.57. The molecule has 2 aromatic heterocycles. The molecule has 2 aromatic carbocycles. The van der Waals surface area contributed by atoms with Crippen LogP contribution in [0, 0.1) is 24.1 Å². The fraction of sp³-hybridized carbons (Fsp3) is 0.250. The van der Waals surface area contributed by atoms with Gasteiger partial charge in [0.2, 0.25) is 10.0 Å². The average molecular weight is 548 g/mol. The molecule has 1 saturated heterocycles. The maximum atomic E-state index is 14.4. The van der Waals surface area contributed by atoms with Gasteiger partial charge in [-0.05, 0) is 62.2 Å². The fourth-order valence-corrected chi connectivity index (χ4v) is 5.59. The molecule has 1 unspecified atom stereocenters. The highest BCUT2D eigenvalue weighted by atomic mass is 32.2. The summed E-state index contributed by atoms with van der Waals surface area (Å²) in [6.45, 7) is 4.46. The minimum Gasteiger partial charge on any atom is -0.484 e. The number of aromatic nitrogens is 2. The third-order valence-corrected chi connectivity index (χ3v) is 7.85. The molecule has 39 heavy (non-hydrogen) atoms. The molecule has 1 aliphatic heterocycles. The van der Waals surface area contributed by atoms with E-state index in [0.717, 1.165) is 30.4 Å². The third kappa shape index (κ3) is 5.02. The zero-order valence-corrected chi connectivity index (χ0v) is 22.1. The third-order valence-electron chi connectivity index (χ3n) is 6.88. The molecule has 0 radical (unpaired) electrons. The van der Waals surface area contributed by atoms with Gasteiger partial charge in [-0.3, -0.25) is 0 Å². The van der Waals surface area contributed by atoms with E-state index in [0.29, 0.717) is 27.6 Å². The number of primary sulfonamides is 1. The number of hydrogen-bond donors (Lipinski definition) is 2. The summed E-state index contributed by atoms with van der Waals surface area (Å²) in [4.78, 5) is 10.5. The zero-order chi connectivity index (χ0) is 27.9. The first-order chi connectivity index (χ1) is 18.6. The van der Waals surface area contributed by atoms with Gasteiger partial charge in [-0.25, -0.2) is 27.9 Å². The summed E-state index contributed by atoms with van der Waals surface area (Å²) >= 11 is 0. The highest BCUT2D eigenvalue weighted by Crippen LogP contribution is 2.36. The van der Waals surface area contributed by atoms with Crippen molar-refractivity contribution in [2.45, 2.75) is 37.3 Å². The number of pyridine rings is 2. The summed E-state index contributed by atoms with van der Waals surface area (Å²) in [7, 11) is -4.38. The lowest BCUT2D eigenvalue weighted by atomic mass is 9.96. The van der Waals surface area contributed by atoms with Crippen molar-refractivity contribution in [3.63, 3.8) is 0 Å². The Morgan fingerprint density at radius 1 is 1.28 bits per heavy atom. The first-order valence-electron chi connectivity index (χ1n) is 12.3. The van der Waals surface area contributed by atoms with Crippen LogP contribution in [0.3, 0.4) is 0 Å². The van der Waals surface area contributed by atoms with Crippen molar-refractivity contribution >= 4 is 26.7 Å². The molecule has 0 spiro atoms. The number of sulfonamides is 1. The van der Waals surface area contributed by atoms with Crippen LogP contribution >= 0.6 is 0 Å². The van der Waals surface area contributed by atoms with Crippen LogP contribution in [0.25, 0.3) is 22.0 Å². The standard InChI is InChI=1S/C28H26FN5O4S/c1-16-10-20(17(2)38-26-5-3-4-23(29)28(26)39(31,36)37)22-12-21(25(13-30)33-24(22)11-16)18-6-7-27(32-14-18)34-9-8-19(34)15-35/h3-7,10-12,14,17,19,35H,8-9,15H2,1-2H3,(H2,31,36,37)/t17?,19-/m0/s1. The van der Waals surface area contributed by atoms with E-state index in [1.54, 1.807) is 13.1 Å². The van der Waals surface area contributed by atoms with Crippen molar-refractivity contribution < 1.29 is 22.7 Å². The number of nitrogens with two attached hydrogens (primary N) is 1. The Hall–Kier alpha value is -4.11. The molecule has 0 aliphatic carbocycles. The van der Waals surface area contributed by atoms with Crippen LogP contribution in [0.1, 0.15) is 36.3 Å². The SMILES string of the molecule is Cc1cc(C(C)Oc2cccc(F)c2S(N)(=O)=O)c2cc(-c3ccc(N4CC[C@H]4CO)nc3)c(C#N)nc2c1. The van der Waals surface area contributed by atoms with Crippen molar-refractivity contribution in [1.82, 2.24) is 9.97 Å². The molecule has 200 valence electrons. The number of ether oxygens (including phenoxy) is 1. The molecule has 1 fully saturated rings. The summed E-state index contributed by atoms with van der Waals surface area (Å²) in [5, 5.41) is 25.3. The second-order valence-electron chi connectivity index (χ2n) is 9.51. The van der Waals surface area contributed by atoms with E-state index in [1.165, 1.54) is 12.1 Å². The highest BCUT2D eigenvalue weighted by Gasteiger charge is 2.28. The second-order valence-corrected chi connectivity index (χ2v) is 11.0. The van der Waals surface area contributed by atoms with Gasteiger partial charge in [-0.1, -0.05) is 12.1 Å². The lowest BCUT2D eigenvalue weighted by Gasteiger charge is -2.40. The van der Waals surface area contributed by atoms with Gasteiger partial charge in [0.05, 0.1) is 18.2 Å². The van der Waals surface area contributed by atoms with E-state index in [1.807, 2.05) is 42.2 Å². The van der Waals surface area contributed by atoms with Gasteiger partial charge < -0.3 is 14.7 Å². The lowest BCUT2D eigenvalue weighted by Crippen LogP contribution is -2.50. The Labute approximate surface area is 225 Å². The number of aryl methyl sites for hydroxylation is 1. The first kappa shape index (κ1) is 26.5. The van der Waals surface area contributed by atoms with Crippen molar-refractivity contribution in [2.75, 3.05) is 18.1 Å². The van der Waals surface area contributed by atoms with Crippen LogP contribution in [0.5, 0.6) is 5.75 Å². The van der Waals surface area contributed by atoms with E-state index in [-0.39, 0.29) is 24.1 Å². The number of rotatable bonds is 7. The molecule has 0 saturated carbocycles. The van der Waals surface area contributed by atoms with Gasteiger partial charge in [-0.2, -0.15) is 5.26 Å². The number of benzene rings is 2. The van der Waals surface area contributed by atoms with Crippen LogP contribution in [0.2, 0.25) is 0 Å². The topological polar surface area (TPSA) is 142 Å². The minimum atomic E-state index is -4.38. The smallest absolute Gasteiger partial charge is 0.244 e. The molecule has 3 heterocycles. The van der Waals surface area contributed by atoms with Crippen LogP contribution in [0.15, 0.2) is 59.6 Å². The van der Waals surface area contributed by atoms with Crippen molar-refractivity contribution in [3.8, 4) is 22.9 Å². The number of hydrogen-bond acceptors (Lipinski definition) is 8. The predicted molar refractivity (Wildman–Crippen MR) is 144 cm³/mol. The van der Waals surface area contributed by atoms with Gasteiger partial charge in [0.25, 0.3) is 0 Å². The monoisotopic (exact) mass is 547 g/mol. The summed E-state index contributed by atoms with van der Waals surface area (Å²) < 4.78 is 44.4. The number of nitriles is 1. The molecule has 5 rings (SSSR count). The molecule has 0 bridgehead atoms. The summed E-state index contributed by atoms with van der Waals surface area (Å²) in [6, 6.07) is 15.2. The van der Waals surface area contributed by atoms with Crippen LogP contribution in [-0.2, 0) is 10.0 Å². The Morgan fingerprint density at radius 3 is 2.69 bits per heavy atom. The summed E-state index contributed by atoms with van der Waals surface area (Å²) in [5.74, 6) is -0.456. The quantitative estimate of drug-likeness (QED) is 0.354. The Morgan fingerprint density at radius 2 is 2.08 bits per heavy atom. The molecular formula is C28H26FN5O4S. The van der Waals surface area contributed by atoms with E-state index < -0.39 is 26.8 Å². The van der Waals surface area contributed by atoms with Gasteiger partial charge in [-0.15, -0.1) is 0 Å². The maximum Gasteiger partial charge on any atom is 0.244 e. The molecule has 4 aromatic rings. The second kappa shape index (κ2) is 10.2. The Kier molecular flexibility index (Phi) is 6.94. The molecular weight excluding hydrogens is 521 g/mol. The van der Waals surface area contributed by atoms with E-state index in [2.05, 4.69) is 16.0 Å². The number of aliphatic hydroxyl groups excluding tert-OH is 1. The normalized spacial score (nSPS) is 16.0. The van der Waals surface area contributed by atoms with Crippen LogP contribution in [0.4, 0.5) is 10.2 Å². The number of nitrogens with zero attached hydrogens (tertiary/aromatic N) is 4. The molecule has 9 nitrogen and oxygen atoms in total. The zero-order valence-electron chi connectivity index (χ0n) is 21.3. The number of fused-ring (bicyclic) bond motifs is 1. The van der Waals surface area contributed by atoms with Gasteiger partial charge in [0.15, 0.2) is 4.90 Å². The lowest BCUT2D eigenvalue weighted by molar-refractivity contribution is 0.220. The van der Waals surface area contributed by atoms with Crippen LogP contribution in [-0.4, -0.2) is 42.7 Å². The number of anilines is 1. The minimum absolute atomic E-state index is 0.0560. The average Bonchev–Trinajstić information content (AvgIpc) is 2.86. The van der Waals surface area contributed by atoms with Gasteiger partial charge in [0.1, 0.15) is 35.3 Å². The van der Waals surface area contributed by atoms with E-state index >= 15 is 0 Å².